The van der Waals surface area contributed by atoms with Crippen LogP contribution in [0.15, 0.2) is 59.7 Å². The molecule has 0 spiro atoms. The molecule has 2 rings (SSSR count). The fourth-order valence-corrected chi connectivity index (χ4v) is 2.58. The third-order valence-corrected chi connectivity index (χ3v) is 4.12. The Labute approximate surface area is 156 Å². The Kier molecular flexibility index (Phi) is 8.40. The quantitative estimate of drug-likeness (QED) is 0.363. The second-order valence-corrected chi connectivity index (χ2v) is 6.15. The standard InChI is InChI=1S/C22H28N2O2/c1-3-5-6-10-17-26-20-15-13-19(14-16-20)22(25)24-23-21(4-2)18-11-8-7-9-12-18/h7-9,11-16H,3-6,10,17H2,1-2H3,(H,24,25). The summed E-state index contributed by atoms with van der Waals surface area (Å²) in [4.78, 5) is 12.3. The zero-order chi connectivity index (χ0) is 18.6. The number of hydrazone groups is 1. The molecule has 0 saturated carbocycles. The lowest BCUT2D eigenvalue weighted by molar-refractivity contribution is 0.0954. The predicted octanol–water partition coefficient (Wildman–Crippen LogP) is 5.19. The first-order valence-corrected chi connectivity index (χ1v) is 9.39. The fourth-order valence-electron chi connectivity index (χ4n) is 2.58. The van der Waals surface area contributed by atoms with E-state index in [9.17, 15) is 4.79 Å². The van der Waals surface area contributed by atoms with Gasteiger partial charge in [-0.3, -0.25) is 4.79 Å². The molecule has 0 saturated heterocycles. The van der Waals surface area contributed by atoms with Crippen LogP contribution in [0.3, 0.4) is 0 Å². The molecule has 4 heteroatoms. The van der Waals surface area contributed by atoms with E-state index < -0.39 is 0 Å². The minimum atomic E-state index is -0.221. The van der Waals surface area contributed by atoms with Gasteiger partial charge in [-0.25, -0.2) is 5.43 Å². The van der Waals surface area contributed by atoms with E-state index in [2.05, 4.69) is 17.5 Å². The maximum absolute atomic E-state index is 12.3. The van der Waals surface area contributed by atoms with Crippen molar-refractivity contribution < 1.29 is 9.53 Å². The summed E-state index contributed by atoms with van der Waals surface area (Å²) in [5, 5.41) is 4.28. The van der Waals surface area contributed by atoms with Gasteiger partial charge in [0.25, 0.3) is 5.91 Å². The molecule has 2 aromatic rings. The molecule has 1 N–H and O–H groups in total. The van der Waals surface area contributed by atoms with Crippen LogP contribution in [-0.4, -0.2) is 18.2 Å². The van der Waals surface area contributed by atoms with E-state index in [1.54, 1.807) is 12.1 Å². The SMILES string of the molecule is CCCCCCOc1ccc(C(=O)NN=C(CC)c2ccccc2)cc1. The molecule has 0 aromatic heterocycles. The average Bonchev–Trinajstić information content (AvgIpc) is 2.69. The molecule has 26 heavy (non-hydrogen) atoms. The van der Waals surface area contributed by atoms with Crippen LogP contribution in [0, 0.1) is 0 Å². The maximum atomic E-state index is 12.3. The van der Waals surface area contributed by atoms with Crippen molar-refractivity contribution in [3.63, 3.8) is 0 Å². The number of hydrogen-bond donors (Lipinski definition) is 1. The van der Waals surface area contributed by atoms with E-state index in [4.69, 9.17) is 4.74 Å². The first kappa shape index (κ1) is 19.7. The van der Waals surface area contributed by atoms with Crippen LogP contribution in [0.2, 0.25) is 0 Å². The molecule has 0 unspecified atom stereocenters. The smallest absolute Gasteiger partial charge is 0.271 e. The molecule has 4 nitrogen and oxygen atoms in total. The molecule has 0 atom stereocenters. The Morgan fingerprint density at radius 2 is 1.65 bits per heavy atom. The Hall–Kier alpha value is -2.62. The molecule has 0 aliphatic rings. The third kappa shape index (κ3) is 6.36. The highest BCUT2D eigenvalue weighted by molar-refractivity contribution is 6.02. The third-order valence-electron chi connectivity index (χ3n) is 4.12. The van der Waals surface area contributed by atoms with Crippen LogP contribution in [0.5, 0.6) is 5.75 Å². The second kappa shape index (κ2) is 11.1. The number of carbonyl (C=O) groups excluding carboxylic acids is 1. The minimum absolute atomic E-state index is 0.221. The molecule has 0 radical (unpaired) electrons. The van der Waals surface area contributed by atoms with E-state index >= 15 is 0 Å². The Morgan fingerprint density at radius 3 is 2.31 bits per heavy atom. The number of nitrogens with zero attached hydrogens (tertiary/aromatic N) is 1. The first-order valence-electron chi connectivity index (χ1n) is 9.39. The van der Waals surface area contributed by atoms with Gasteiger partial charge in [0.1, 0.15) is 5.75 Å². The van der Waals surface area contributed by atoms with Crippen molar-refractivity contribution in [3.8, 4) is 5.75 Å². The number of hydrogen-bond acceptors (Lipinski definition) is 3. The topological polar surface area (TPSA) is 50.7 Å². The lowest BCUT2D eigenvalue weighted by atomic mass is 10.1. The zero-order valence-corrected chi connectivity index (χ0v) is 15.7. The maximum Gasteiger partial charge on any atom is 0.271 e. The van der Waals surface area contributed by atoms with Gasteiger partial charge in [-0.1, -0.05) is 63.4 Å². The summed E-state index contributed by atoms with van der Waals surface area (Å²) < 4.78 is 5.70. The molecule has 0 aliphatic carbocycles. The molecule has 0 fully saturated rings. The van der Waals surface area contributed by atoms with Gasteiger partial charge in [0.15, 0.2) is 0 Å². The van der Waals surface area contributed by atoms with E-state index in [1.165, 1.54) is 19.3 Å². The van der Waals surface area contributed by atoms with Crippen molar-refractivity contribution in [1.82, 2.24) is 5.43 Å². The summed E-state index contributed by atoms with van der Waals surface area (Å²) in [7, 11) is 0. The van der Waals surface area contributed by atoms with Gasteiger partial charge in [-0.2, -0.15) is 5.10 Å². The monoisotopic (exact) mass is 352 g/mol. The molecule has 0 heterocycles. The summed E-state index contributed by atoms with van der Waals surface area (Å²) >= 11 is 0. The summed E-state index contributed by atoms with van der Waals surface area (Å²) in [6, 6.07) is 17.0. The van der Waals surface area contributed by atoms with Gasteiger partial charge in [-0.15, -0.1) is 0 Å². The number of amides is 1. The summed E-state index contributed by atoms with van der Waals surface area (Å²) in [5.74, 6) is 0.571. The number of nitrogens with one attached hydrogen (secondary N) is 1. The molecule has 138 valence electrons. The molecular formula is C22H28N2O2. The Morgan fingerprint density at radius 1 is 0.923 bits per heavy atom. The van der Waals surface area contributed by atoms with Gasteiger partial charge in [0, 0.05) is 5.56 Å². The van der Waals surface area contributed by atoms with Crippen molar-refractivity contribution in [2.75, 3.05) is 6.61 Å². The molecule has 0 aliphatic heterocycles. The van der Waals surface area contributed by atoms with E-state index in [1.807, 2.05) is 49.4 Å². The van der Waals surface area contributed by atoms with E-state index in [0.29, 0.717) is 12.2 Å². The Bertz CT molecular complexity index is 694. The molecular weight excluding hydrogens is 324 g/mol. The largest absolute Gasteiger partial charge is 0.494 e. The van der Waals surface area contributed by atoms with Gasteiger partial charge < -0.3 is 4.74 Å². The van der Waals surface area contributed by atoms with Crippen LogP contribution in [-0.2, 0) is 0 Å². The van der Waals surface area contributed by atoms with Crippen molar-refractivity contribution in [2.24, 2.45) is 5.10 Å². The van der Waals surface area contributed by atoms with Gasteiger partial charge in [0.2, 0.25) is 0 Å². The van der Waals surface area contributed by atoms with E-state index in [0.717, 1.165) is 29.9 Å². The number of carbonyl (C=O) groups is 1. The van der Waals surface area contributed by atoms with Gasteiger partial charge in [-0.05, 0) is 42.7 Å². The second-order valence-electron chi connectivity index (χ2n) is 6.15. The van der Waals surface area contributed by atoms with Gasteiger partial charge >= 0.3 is 0 Å². The number of rotatable bonds is 10. The normalized spacial score (nSPS) is 11.2. The lowest BCUT2D eigenvalue weighted by Gasteiger charge is -2.07. The average molecular weight is 352 g/mol. The van der Waals surface area contributed by atoms with Crippen molar-refractivity contribution >= 4 is 11.6 Å². The van der Waals surface area contributed by atoms with E-state index in [-0.39, 0.29) is 5.91 Å². The predicted molar refractivity (Wildman–Crippen MR) is 107 cm³/mol. The van der Waals surface area contributed by atoms with Crippen LogP contribution in [0.4, 0.5) is 0 Å². The van der Waals surface area contributed by atoms with Crippen molar-refractivity contribution in [3.05, 3.63) is 65.7 Å². The van der Waals surface area contributed by atoms with Crippen LogP contribution >= 0.6 is 0 Å². The highest BCUT2D eigenvalue weighted by Crippen LogP contribution is 2.13. The molecule has 2 aromatic carbocycles. The Balaban J connectivity index is 1.88. The highest BCUT2D eigenvalue weighted by Gasteiger charge is 2.06. The molecule has 0 bridgehead atoms. The van der Waals surface area contributed by atoms with Crippen molar-refractivity contribution in [1.29, 1.82) is 0 Å². The number of benzene rings is 2. The lowest BCUT2D eigenvalue weighted by Crippen LogP contribution is -2.19. The highest BCUT2D eigenvalue weighted by atomic mass is 16.5. The minimum Gasteiger partial charge on any atom is -0.494 e. The van der Waals surface area contributed by atoms with Crippen LogP contribution in [0.25, 0.3) is 0 Å². The zero-order valence-electron chi connectivity index (χ0n) is 15.7. The van der Waals surface area contributed by atoms with Crippen LogP contribution in [0.1, 0.15) is 61.9 Å². The first-order chi connectivity index (χ1) is 12.7. The fraction of sp³-hybridized carbons (Fsp3) is 0.364. The number of unbranched alkanes of at least 4 members (excludes halogenated alkanes) is 3. The number of ether oxygens (including phenoxy) is 1. The summed E-state index contributed by atoms with van der Waals surface area (Å²) in [5.41, 5.74) is 5.08. The summed E-state index contributed by atoms with van der Waals surface area (Å²) in [6.07, 6.45) is 5.46. The van der Waals surface area contributed by atoms with Crippen LogP contribution < -0.4 is 10.2 Å². The summed E-state index contributed by atoms with van der Waals surface area (Å²) in [6.45, 7) is 4.93. The van der Waals surface area contributed by atoms with Gasteiger partial charge in [0.05, 0.1) is 12.3 Å². The molecule has 1 amide bonds. The van der Waals surface area contributed by atoms with Crippen molar-refractivity contribution in [2.45, 2.75) is 46.0 Å².